The van der Waals surface area contributed by atoms with Crippen molar-refractivity contribution in [2.45, 2.75) is 56.5 Å². The molecular weight excluding hydrogens is 324 g/mol. The van der Waals surface area contributed by atoms with E-state index in [4.69, 9.17) is 4.74 Å². The second kappa shape index (κ2) is 8.10. The molecule has 0 radical (unpaired) electrons. The van der Waals surface area contributed by atoms with E-state index in [0.717, 1.165) is 32.4 Å². The molecule has 0 aromatic heterocycles. The molecule has 4 aliphatic rings. The van der Waals surface area contributed by atoms with E-state index in [9.17, 15) is 4.79 Å². The minimum absolute atomic E-state index is 0.379. The molecule has 0 N–H and O–H groups in total. The molecule has 4 heterocycles. The predicted molar refractivity (Wildman–Crippen MR) is 103 cm³/mol. The number of ether oxygens (including phenoxy) is 1. The fourth-order valence-electron chi connectivity index (χ4n) is 5.54. The Hall–Kier alpha value is -1.39. The minimum Gasteiger partial charge on any atom is -0.385 e. The lowest BCUT2D eigenvalue weighted by Gasteiger charge is -2.51. The maximum Gasteiger partial charge on any atom is 0.222 e. The molecule has 4 aliphatic heterocycles. The van der Waals surface area contributed by atoms with Gasteiger partial charge < -0.3 is 9.64 Å². The summed E-state index contributed by atoms with van der Waals surface area (Å²) < 4.78 is 5.12. The molecule has 4 fully saturated rings. The van der Waals surface area contributed by atoms with E-state index in [1.807, 2.05) is 0 Å². The van der Waals surface area contributed by atoms with Crippen LogP contribution in [-0.2, 0) is 9.53 Å². The van der Waals surface area contributed by atoms with Crippen molar-refractivity contribution in [3.8, 4) is 0 Å². The Kier molecular flexibility index (Phi) is 5.60. The second-order valence-electron chi connectivity index (χ2n) is 8.22. The number of rotatable bonds is 7. The number of methoxy groups -OCH3 is 1. The molecule has 142 valence electrons. The van der Waals surface area contributed by atoms with Gasteiger partial charge in [0, 0.05) is 38.6 Å². The molecule has 1 aromatic carbocycles. The van der Waals surface area contributed by atoms with Crippen LogP contribution in [0.1, 0.15) is 50.0 Å². The van der Waals surface area contributed by atoms with Gasteiger partial charge in [0.1, 0.15) is 0 Å². The zero-order valence-electron chi connectivity index (χ0n) is 16.0. The third-order valence-corrected chi connectivity index (χ3v) is 6.78. The van der Waals surface area contributed by atoms with Gasteiger partial charge in [0.05, 0.1) is 6.04 Å². The van der Waals surface area contributed by atoms with Crippen molar-refractivity contribution >= 4 is 5.91 Å². The molecule has 5 rings (SSSR count). The smallest absolute Gasteiger partial charge is 0.222 e. The van der Waals surface area contributed by atoms with E-state index in [1.165, 1.54) is 31.5 Å². The lowest BCUT2D eigenvalue weighted by Crippen LogP contribution is -2.60. The molecule has 0 unspecified atom stereocenters. The molecule has 0 spiro atoms. The highest BCUT2D eigenvalue weighted by Gasteiger charge is 2.54. The standard InChI is InChI=1S/C22H32N2O2/c1-26-15-7-3-6-10-20(25)24-16-19(17-8-4-2-5-9-17)22-21(24)18-11-13-23(22)14-12-18/h2,4-5,8-9,18-19,21-22H,3,6-7,10-16H2,1H3/t19-,21+,22+/m0/s1. The van der Waals surface area contributed by atoms with E-state index in [0.29, 0.717) is 36.2 Å². The summed E-state index contributed by atoms with van der Waals surface area (Å²) in [6.45, 7) is 4.14. The van der Waals surface area contributed by atoms with E-state index in [1.54, 1.807) is 7.11 Å². The quantitative estimate of drug-likeness (QED) is 0.703. The van der Waals surface area contributed by atoms with E-state index in [-0.39, 0.29) is 0 Å². The van der Waals surface area contributed by atoms with Crippen LogP contribution in [0.4, 0.5) is 0 Å². The Balaban J connectivity index is 1.47. The van der Waals surface area contributed by atoms with Gasteiger partial charge in [-0.25, -0.2) is 0 Å². The van der Waals surface area contributed by atoms with Gasteiger partial charge >= 0.3 is 0 Å². The number of likely N-dealkylation sites (tertiary alicyclic amines) is 1. The molecule has 3 atom stereocenters. The first-order valence-electron chi connectivity index (χ1n) is 10.4. The Bertz CT molecular complexity index is 597. The summed E-state index contributed by atoms with van der Waals surface area (Å²) in [5.74, 6) is 1.56. The highest BCUT2D eigenvalue weighted by atomic mass is 16.5. The zero-order chi connectivity index (χ0) is 17.9. The molecule has 1 amide bonds. The monoisotopic (exact) mass is 356 g/mol. The number of nitrogens with zero attached hydrogens (tertiary/aromatic N) is 2. The SMILES string of the molecule is COCCCCCC(=O)N1C[C@@H](c2ccccc2)[C@@H]2[C@H]1C1CCN2CC1. The first-order valence-corrected chi connectivity index (χ1v) is 10.4. The van der Waals surface area contributed by atoms with E-state index >= 15 is 0 Å². The first kappa shape index (κ1) is 18.0. The molecule has 26 heavy (non-hydrogen) atoms. The number of hydrogen-bond acceptors (Lipinski definition) is 3. The Morgan fingerprint density at radius 3 is 2.58 bits per heavy atom. The summed E-state index contributed by atoms with van der Waals surface area (Å²) in [5, 5.41) is 0. The summed E-state index contributed by atoms with van der Waals surface area (Å²) in [5.41, 5.74) is 1.41. The maximum atomic E-state index is 13.1. The van der Waals surface area contributed by atoms with E-state index < -0.39 is 0 Å². The van der Waals surface area contributed by atoms with Crippen molar-refractivity contribution in [3.05, 3.63) is 35.9 Å². The normalized spacial score (nSPS) is 32.7. The summed E-state index contributed by atoms with van der Waals surface area (Å²) >= 11 is 0. The van der Waals surface area contributed by atoms with Gasteiger partial charge in [-0.2, -0.15) is 0 Å². The number of carbonyl (C=O) groups excluding carboxylic acids is 1. The minimum atomic E-state index is 0.379. The fourth-order valence-corrected chi connectivity index (χ4v) is 5.54. The van der Waals surface area contributed by atoms with Gasteiger partial charge in [-0.3, -0.25) is 9.69 Å². The van der Waals surface area contributed by atoms with Gasteiger partial charge in [-0.15, -0.1) is 0 Å². The van der Waals surface area contributed by atoms with Crippen LogP contribution in [0, 0.1) is 5.92 Å². The van der Waals surface area contributed by atoms with Gasteiger partial charge in [-0.1, -0.05) is 36.8 Å². The number of piperidine rings is 3. The van der Waals surface area contributed by atoms with Crippen LogP contribution in [0.25, 0.3) is 0 Å². The average Bonchev–Trinajstić information content (AvgIpc) is 3.12. The summed E-state index contributed by atoms with van der Waals surface area (Å²) in [4.78, 5) is 18.0. The topological polar surface area (TPSA) is 32.8 Å². The number of carbonyl (C=O) groups is 1. The van der Waals surface area contributed by atoms with Gasteiger partial charge in [0.2, 0.25) is 5.91 Å². The number of unbranched alkanes of at least 4 members (excludes halogenated alkanes) is 2. The number of hydrogen-bond donors (Lipinski definition) is 0. The molecule has 0 saturated carbocycles. The molecule has 1 aromatic rings. The molecular formula is C22H32N2O2. The summed E-state index contributed by atoms with van der Waals surface area (Å²) in [6.07, 6.45) is 6.35. The summed E-state index contributed by atoms with van der Waals surface area (Å²) in [6, 6.07) is 11.8. The Morgan fingerprint density at radius 2 is 1.85 bits per heavy atom. The lowest BCUT2D eigenvalue weighted by molar-refractivity contribution is -0.136. The van der Waals surface area contributed by atoms with Crippen LogP contribution in [0.2, 0.25) is 0 Å². The first-order chi connectivity index (χ1) is 12.8. The van der Waals surface area contributed by atoms with Crippen molar-refractivity contribution in [2.75, 3.05) is 33.4 Å². The number of fused-ring (bicyclic) bond motifs is 2. The zero-order valence-corrected chi connectivity index (χ0v) is 16.0. The molecule has 0 aliphatic carbocycles. The average molecular weight is 357 g/mol. The summed E-state index contributed by atoms with van der Waals surface area (Å²) in [7, 11) is 1.74. The van der Waals surface area contributed by atoms with Gasteiger partial charge in [-0.05, 0) is 50.3 Å². The highest BCUT2D eigenvalue weighted by Crippen LogP contribution is 2.46. The molecule has 4 heteroatoms. The number of benzene rings is 1. The fraction of sp³-hybridized carbons (Fsp3) is 0.682. The Labute approximate surface area is 157 Å². The lowest BCUT2D eigenvalue weighted by atomic mass is 9.75. The van der Waals surface area contributed by atoms with Crippen molar-refractivity contribution in [1.82, 2.24) is 9.80 Å². The van der Waals surface area contributed by atoms with Crippen LogP contribution >= 0.6 is 0 Å². The molecule has 4 nitrogen and oxygen atoms in total. The van der Waals surface area contributed by atoms with Crippen molar-refractivity contribution in [3.63, 3.8) is 0 Å². The molecule has 4 saturated heterocycles. The predicted octanol–water partition coefficient (Wildman–Crippen LogP) is 3.28. The van der Waals surface area contributed by atoms with Crippen LogP contribution in [0.5, 0.6) is 0 Å². The maximum absolute atomic E-state index is 13.1. The van der Waals surface area contributed by atoms with Crippen molar-refractivity contribution < 1.29 is 9.53 Å². The van der Waals surface area contributed by atoms with Crippen molar-refractivity contribution in [1.29, 1.82) is 0 Å². The molecule has 2 bridgehead atoms. The van der Waals surface area contributed by atoms with Crippen molar-refractivity contribution in [2.24, 2.45) is 5.92 Å². The highest BCUT2D eigenvalue weighted by molar-refractivity contribution is 5.77. The number of amides is 1. The van der Waals surface area contributed by atoms with Crippen LogP contribution in [0.3, 0.4) is 0 Å². The second-order valence-corrected chi connectivity index (χ2v) is 8.22. The third kappa shape index (κ3) is 3.41. The Morgan fingerprint density at radius 1 is 1.08 bits per heavy atom. The van der Waals surface area contributed by atoms with E-state index in [2.05, 4.69) is 40.1 Å². The van der Waals surface area contributed by atoms with Gasteiger partial charge in [0.25, 0.3) is 0 Å². The van der Waals surface area contributed by atoms with Crippen LogP contribution in [-0.4, -0.2) is 61.1 Å². The van der Waals surface area contributed by atoms with Crippen LogP contribution in [0.15, 0.2) is 30.3 Å². The van der Waals surface area contributed by atoms with Crippen LogP contribution < -0.4 is 0 Å². The largest absolute Gasteiger partial charge is 0.385 e. The van der Waals surface area contributed by atoms with Gasteiger partial charge in [0.15, 0.2) is 0 Å². The third-order valence-electron chi connectivity index (χ3n) is 6.78.